The van der Waals surface area contributed by atoms with Crippen LogP contribution in [0.1, 0.15) is 63.8 Å². The number of terminal acetylenes is 1. The minimum atomic E-state index is -1.55. The van der Waals surface area contributed by atoms with Crippen molar-refractivity contribution in [2.24, 2.45) is 0 Å². The molecule has 1 atom stereocenters. The zero-order valence-corrected chi connectivity index (χ0v) is 24.0. The van der Waals surface area contributed by atoms with E-state index in [0.29, 0.717) is 16.9 Å². The first-order valence-corrected chi connectivity index (χ1v) is 13.4. The average Bonchev–Trinajstić information content (AvgIpc) is 3.25. The summed E-state index contributed by atoms with van der Waals surface area (Å²) in [5, 5.41) is 14.0. The predicted molar refractivity (Wildman–Crippen MR) is 163 cm³/mol. The third kappa shape index (κ3) is 4.60. The van der Waals surface area contributed by atoms with Gasteiger partial charge in [0.05, 0.1) is 18.1 Å². The van der Waals surface area contributed by atoms with Gasteiger partial charge < -0.3 is 14.4 Å². The molecular formula is C36H37NO2. The summed E-state index contributed by atoms with van der Waals surface area (Å²) in [6.07, 6.45) is 5.89. The topological polar surface area (TPSA) is 34.4 Å². The monoisotopic (exact) mass is 515 g/mol. The lowest BCUT2D eigenvalue weighted by Crippen LogP contribution is -2.25. The first-order chi connectivity index (χ1) is 18.4. The van der Waals surface area contributed by atoms with Crippen LogP contribution in [0.4, 0.5) is 0 Å². The van der Waals surface area contributed by atoms with Crippen LogP contribution in [-0.4, -0.2) is 16.8 Å². The van der Waals surface area contributed by atoms with Crippen molar-refractivity contribution in [1.82, 2.24) is 4.57 Å². The van der Waals surface area contributed by atoms with Gasteiger partial charge in [0, 0.05) is 27.6 Å². The molecule has 1 N–H and O–H groups in total. The number of hydrogen-bond acceptors (Lipinski definition) is 2. The van der Waals surface area contributed by atoms with Crippen molar-refractivity contribution in [3.05, 3.63) is 107 Å². The normalized spacial score (nSPS) is 13.8. The van der Waals surface area contributed by atoms with Crippen LogP contribution in [-0.2, 0) is 16.4 Å². The Morgan fingerprint density at radius 2 is 1.05 bits per heavy atom. The molecule has 1 unspecified atom stereocenters. The maximum atomic E-state index is 11.5. The second-order valence-electron chi connectivity index (χ2n) is 12.4. The Morgan fingerprint density at radius 3 is 1.44 bits per heavy atom. The van der Waals surface area contributed by atoms with Gasteiger partial charge in [0.25, 0.3) is 0 Å². The van der Waals surface area contributed by atoms with Crippen molar-refractivity contribution < 1.29 is 9.84 Å². The third-order valence-corrected chi connectivity index (χ3v) is 7.76. The summed E-state index contributed by atoms with van der Waals surface area (Å²) in [4.78, 5) is 0. The zero-order chi connectivity index (χ0) is 28.2. The number of nitrogens with zero attached hydrogens (tertiary/aromatic N) is 1. The molecule has 5 aromatic rings. The predicted octanol–water partition coefficient (Wildman–Crippen LogP) is 8.26. The van der Waals surface area contributed by atoms with E-state index >= 15 is 0 Å². The molecule has 0 radical (unpaired) electrons. The summed E-state index contributed by atoms with van der Waals surface area (Å²) in [5.41, 5.74) is 5.76. The van der Waals surface area contributed by atoms with Crippen LogP contribution in [0.5, 0.6) is 5.75 Å². The lowest BCUT2D eigenvalue weighted by atomic mass is 9.85. The lowest BCUT2D eigenvalue weighted by Gasteiger charge is -2.24. The fourth-order valence-electron chi connectivity index (χ4n) is 5.25. The molecule has 3 heteroatoms. The highest BCUT2D eigenvalue weighted by atomic mass is 16.5. The maximum Gasteiger partial charge on any atom is 0.176 e. The molecule has 39 heavy (non-hydrogen) atoms. The molecule has 0 aliphatic rings. The Balaban J connectivity index is 1.68. The van der Waals surface area contributed by atoms with Crippen molar-refractivity contribution in [3.63, 3.8) is 0 Å². The SMILES string of the molecule is C#CC(O)(c1ccc(OC)cc1)c1ccc(-n2c3ccc(C(C)(C)C)cc3c3cc(C(C)(C)C)ccc32)cc1. The quantitative estimate of drug-likeness (QED) is 0.245. The van der Waals surface area contributed by atoms with Gasteiger partial charge >= 0.3 is 0 Å². The highest BCUT2D eigenvalue weighted by molar-refractivity contribution is 6.09. The fraction of sp³-hybridized carbons (Fsp3) is 0.278. The van der Waals surface area contributed by atoms with Gasteiger partial charge in [0.1, 0.15) is 5.75 Å². The molecule has 0 saturated carbocycles. The highest BCUT2D eigenvalue weighted by Crippen LogP contribution is 2.38. The van der Waals surface area contributed by atoms with Crippen LogP contribution in [0.15, 0.2) is 84.9 Å². The van der Waals surface area contributed by atoms with Crippen molar-refractivity contribution in [1.29, 1.82) is 0 Å². The number of rotatable bonds is 4. The summed E-state index contributed by atoms with van der Waals surface area (Å²) in [6.45, 7) is 13.5. The van der Waals surface area contributed by atoms with E-state index in [1.54, 1.807) is 19.2 Å². The number of hydrogen-bond donors (Lipinski definition) is 1. The molecule has 1 aromatic heterocycles. The fourth-order valence-corrected chi connectivity index (χ4v) is 5.25. The standard InChI is InChI=1S/C36H37NO2/c1-9-36(38,25-12-18-29(39-8)19-13-25)24-10-16-28(17-11-24)37-32-20-14-26(34(2,3)4)22-30(32)31-23-27(35(5,6)7)15-21-33(31)37/h1,10-23,38H,2-8H3. The number of aromatic nitrogens is 1. The van der Waals surface area contributed by atoms with Gasteiger partial charge in [-0.1, -0.05) is 83.9 Å². The second kappa shape index (κ2) is 9.33. The second-order valence-corrected chi connectivity index (χ2v) is 12.4. The van der Waals surface area contributed by atoms with Gasteiger partial charge in [-0.25, -0.2) is 0 Å². The van der Waals surface area contributed by atoms with Gasteiger partial charge in [-0.15, -0.1) is 6.42 Å². The first kappa shape index (κ1) is 26.6. The molecule has 0 spiro atoms. The summed E-state index contributed by atoms with van der Waals surface area (Å²) < 4.78 is 7.57. The Morgan fingerprint density at radius 1 is 0.641 bits per heavy atom. The van der Waals surface area contributed by atoms with Crippen LogP contribution in [0.2, 0.25) is 0 Å². The molecule has 0 saturated heterocycles. The van der Waals surface area contributed by atoms with E-state index in [2.05, 4.69) is 88.4 Å². The highest BCUT2D eigenvalue weighted by Gasteiger charge is 2.29. The number of fused-ring (bicyclic) bond motifs is 3. The summed E-state index contributed by atoms with van der Waals surface area (Å²) >= 11 is 0. The molecule has 3 nitrogen and oxygen atoms in total. The van der Waals surface area contributed by atoms with Crippen LogP contribution in [0, 0.1) is 12.3 Å². The summed E-state index contributed by atoms with van der Waals surface area (Å²) in [6, 6.07) is 28.8. The summed E-state index contributed by atoms with van der Waals surface area (Å²) in [5.74, 6) is 3.32. The Bertz CT molecular complexity index is 1630. The molecule has 1 heterocycles. The largest absolute Gasteiger partial charge is 0.497 e. The average molecular weight is 516 g/mol. The van der Waals surface area contributed by atoms with Gasteiger partial charge in [-0.3, -0.25) is 0 Å². The van der Waals surface area contributed by atoms with Crippen molar-refractivity contribution in [3.8, 4) is 23.8 Å². The van der Waals surface area contributed by atoms with E-state index in [9.17, 15) is 5.11 Å². The lowest BCUT2D eigenvalue weighted by molar-refractivity contribution is 0.145. The minimum Gasteiger partial charge on any atom is -0.497 e. The van der Waals surface area contributed by atoms with Crippen molar-refractivity contribution in [2.75, 3.05) is 7.11 Å². The molecule has 198 valence electrons. The molecule has 0 amide bonds. The van der Waals surface area contributed by atoms with Crippen LogP contribution < -0.4 is 4.74 Å². The van der Waals surface area contributed by atoms with Gasteiger partial charge in [0.2, 0.25) is 0 Å². The minimum absolute atomic E-state index is 0.0486. The first-order valence-electron chi connectivity index (χ1n) is 13.4. The van der Waals surface area contributed by atoms with E-state index in [-0.39, 0.29) is 10.8 Å². The van der Waals surface area contributed by atoms with E-state index in [1.807, 2.05) is 36.4 Å². The number of ether oxygens (including phenoxy) is 1. The Kier molecular flexibility index (Phi) is 6.36. The zero-order valence-electron chi connectivity index (χ0n) is 24.0. The van der Waals surface area contributed by atoms with Gasteiger partial charge in [0.15, 0.2) is 5.60 Å². The Hall–Kier alpha value is -4.00. The van der Waals surface area contributed by atoms with Crippen molar-refractivity contribution in [2.45, 2.75) is 58.0 Å². The summed E-state index contributed by atoms with van der Waals surface area (Å²) in [7, 11) is 1.61. The number of benzene rings is 4. The van der Waals surface area contributed by atoms with Gasteiger partial charge in [-0.2, -0.15) is 0 Å². The van der Waals surface area contributed by atoms with Crippen LogP contribution >= 0.6 is 0 Å². The van der Waals surface area contributed by atoms with Crippen molar-refractivity contribution >= 4 is 21.8 Å². The maximum absolute atomic E-state index is 11.5. The van der Waals surface area contributed by atoms with E-state index < -0.39 is 5.60 Å². The molecule has 0 bridgehead atoms. The van der Waals surface area contributed by atoms with E-state index in [0.717, 1.165) is 16.7 Å². The number of aliphatic hydroxyl groups is 1. The molecule has 5 rings (SSSR count). The molecule has 0 aliphatic heterocycles. The Labute approximate surface area is 232 Å². The molecular weight excluding hydrogens is 478 g/mol. The molecule has 0 aliphatic carbocycles. The molecule has 0 fully saturated rings. The van der Waals surface area contributed by atoms with Crippen LogP contribution in [0.3, 0.4) is 0 Å². The molecule has 4 aromatic carbocycles. The van der Waals surface area contributed by atoms with Crippen LogP contribution in [0.25, 0.3) is 27.5 Å². The smallest absolute Gasteiger partial charge is 0.176 e. The van der Waals surface area contributed by atoms with E-state index in [4.69, 9.17) is 11.2 Å². The van der Waals surface area contributed by atoms with Gasteiger partial charge in [-0.05, 0) is 70.5 Å². The van der Waals surface area contributed by atoms with E-state index in [1.165, 1.54) is 21.9 Å². The number of methoxy groups -OCH3 is 1. The third-order valence-electron chi connectivity index (χ3n) is 7.76.